The molecular weight excluding hydrogens is 267 g/mol. The summed E-state index contributed by atoms with van der Waals surface area (Å²) in [6.07, 6.45) is -3.94. The zero-order valence-corrected chi connectivity index (χ0v) is 10.3. The van der Waals surface area contributed by atoms with Gasteiger partial charge in [-0.2, -0.15) is 13.2 Å². The quantitative estimate of drug-likeness (QED) is 0.803. The number of halogens is 4. The Morgan fingerprint density at radius 1 is 1.28 bits per heavy atom. The Morgan fingerprint density at radius 3 is 2.39 bits per heavy atom. The number of hydrogen-bond donors (Lipinski definition) is 1. The topological polar surface area (TPSA) is 42.1 Å². The van der Waals surface area contributed by atoms with Crippen molar-refractivity contribution in [2.24, 2.45) is 5.92 Å². The van der Waals surface area contributed by atoms with Gasteiger partial charge >= 0.3 is 6.18 Å². The minimum absolute atomic E-state index is 0.0810. The van der Waals surface area contributed by atoms with Crippen molar-refractivity contribution in [2.45, 2.75) is 19.0 Å². The number of rotatable bonds is 1. The van der Waals surface area contributed by atoms with Crippen molar-refractivity contribution in [2.75, 3.05) is 23.7 Å². The fourth-order valence-corrected chi connectivity index (χ4v) is 2.31. The highest BCUT2D eigenvalue weighted by atomic mass is 35.5. The lowest BCUT2D eigenvalue weighted by atomic mass is 9.96. The molecule has 0 aromatic carbocycles. The van der Waals surface area contributed by atoms with E-state index in [0.717, 1.165) is 0 Å². The van der Waals surface area contributed by atoms with Crippen LogP contribution in [0.1, 0.15) is 12.8 Å². The largest absolute Gasteiger partial charge is 0.399 e. The van der Waals surface area contributed by atoms with Crippen molar-refractivity contribution in [3.05, 3.63) is 17.3 Å². The molecule has 1 aromatic rings. The predicted molar refractivity (Wildman–Crippen MR) is 64.7 cm³/mol. The SMILES string of the molecule is Nc1cc(Cl)nc(N2CCC(C(F)(F)F)CC2)c1. The fourth-order valence-electron chi connectivity index (χ4n) is 2.10. The van der Waals surface area contributed by atoms with Gasteiger partial charge in [-0.15, -0.1) is 0 Å². The zero-order chi connectivity index (χ0) is 13.3. The molecule has 0 unspecified atom stereocenters. The molecule has 2 rings (SSSR count). The van der Waals surface area contributed by atoms with Crippen LogP contribution in [0.15, 0.2) is 12.1 Å². The van der Waals surface area contributed by atoms with Gasteiger partial charge in [0, 0.05) is 24.8 Å². The van der Waals surface area contributed by atoms with Crippen molar-refractivity contribution < 1.29 is 13.2 Å². The summed E-state index contributed by atoms with van der Waals surface area (Å²) in [6.45, 7) is 0.633. The number of anilines is 2. The molecule has 7 heteroatoms. The van der Waals surface area contributed by atoms with Gasteiger partial charge in [0.25, 0.3) is 0 Å². The molecule has 1 aromatic heterocycles. The number of nitrogen functional groups attached to an aromatic ring is 1. The summed E-state index contributed by atoms with van der Waals surface area (Å²) in [7, 11) is 0. The van der Waals surface area contributed by atoms with Gasteiger partial charge in [-0.3, -0.25) is 0 Å². The first kappa shape index (κ1) is 13.3. The maximum atomic E-state index is 12.5. The van der Waals surface area contributed by atoms with Crippen LogP contribution in [-0.4, -0.2) is 24.2 Å². The first-order valence-electron chi connectivity index (χ1n) is 5.61. The van der Waals surface area contributed by atoms with E-state index in [1.807, 2.05) is 0 Å². The average Bonchev–Trinajstić information content (AvgIpc) is 2.27. The van der Waals surface area contributed by atoms with Crippen molar-refractivity contribution >= 4 is 23.1 Å². The van der Waals surface area contributed by atoms with Crippen molar-refractivity contribution in [1.29, 1.82) is 0 Å². The van der Waals surface area contributed by atoms with Crippen LogP contribution in [0.4, 0.5) is 24.7 Å². The highest BCUT2D eigenvalue weighted by molar-refractivity contribution is 6.29. The molecule has 100 valence electrons. The third kappa shape index (κ3) is 2.98. The summed E-state index contributed by atoms with van der Waals surface area (Å²) >= 11 is 5.77. The smallest absolute Gasteiger partial charge is 0.391 e. The second kappa shape index (κ2) is 4.84. The van der Waals surface area contributed by atoms with Gasteiger partial charge in [0.1, 0.15) is 11.0 Å². The van der Waals surface area contributed by atoms with Gasteiger partial charge in [-0.1, -0.05) is 11.6 Å². The third-order valence-corrected chi connectivity index (χ3v) is 3.28. The minimum atomic E-state index is -4.10. The van der Waals surface area contributed by atoms with E-state index in [-0.39, 0.29) is 18.0 Å². The van der Waals surface area contributed by atoms with E-state index < -0.39 is 12.1 Å². The molecular formula is C11H13ClF3N3. The van der Waals surface area contributed by atoms with E-state index in [9.17, 15) is 13.2 Å². The summed E-state index contributed by atoms with van der Waals surface area (Å²) in [5, 5.41) is 0.253. The number of nitrogens with zero attached hydrogens (tertiary/aromatic N) is 2. The van der Waals surface area contributed by atoms with E-state index in [1.165, 1.54) is 6.07 Å². The van der Waals surface area contributed by atoms with Crippen LogP contribution in [0.25, 0.3) is 0 Å². The van der Waals surface area contributed by atoms with Crippen LogP contribution in [0, 0.1) is 5.92 Å². The van der Waals surface area contributed by atoms with Gasteiger partial charge in [-0.25, -0.2) is 4.98 Å². The molecule has 0 amide bonds. The maximum Gasteiger partial charge on any atom is 0.391 e. The van der Waals surface area contributed by atoms with Gasteiger partial charge in [0.05, 0.1) is 5.92 Å². The van der Waals surface area contributed by atoms with Crippen LogP contribution in [0.3, 0.4) is 0 Å². The number of hydrogen-bond acceptors (Lipinski definition) is 3. The number of piperidine rings is 1. The Bertz CT molecular complexity index is 408. The second-order valence-electron chi connectivity index (χ2n) is 4.38. The number of aromatic nitrogens is 1. The van der Waals surface area contributed by atoms with Crippen LogP contribution in [0.2, 0.25) is 5.15 Å². The van der Waals surface area contributed by atoms with Crippen molar-refractivity contribution in [1.82, 2.24) is 4.98 Å². The van der Waals surface area contributed by atoms with Crippen LogP contribution >= 0.6 is 11.6 Å². The van der Waals surface area contributed by atoms with Crippen LogP contribution in [0.5, 0.6) is 0 Å². The highest BCUT2D eigenvalue weighted by Crippen LogP contribution is 2.35. The molecule has 0 atom stereocenters. The Balaban J connectivity index is 2.05. The summed E-state index contributed by atoms with van der Waals surface area (Å²) in [5.74, 6) is -0.675. The van der Waals surface area contributed by atoms with Gasteiger partial charge in [0.2, 0.25) is 0 Å². The van der Waals surface area contributed by atoms with Gasteiger partial charge in [0.15, 0.2) is 0 Å². The van der Waals surface area contributed by atoms with Crippen LogP contribution < -0.4 is 10.6 Å². The molecule has 18 heavy (non-hydrogen) atoms. The van der Waals surface area contributed by atoms with Crippen molar-refractivity contribution in [3.8, 4) is 0 Å². The molecule has 1 aliphatic rings. The summed E-state index contributed by atoms with van der Waals surface area (Å²) < 4.78 is 37.6. The molecule has 0 spiro atoms. The maximum absolute atomic E-state index is 12.5. The van der Waals surface area contributed by atoms with E-state index in [0.29, 0.717) is 24.6 Å². The first-order chi connectivity index (χ1) is 8.36. The lowest BCUT2D eigenvalue weighted by Crippen LogP contribution is -2.39. The third-order valence-electron chi connectivity index (χ3n) is 3.08. The molecule has 2 N–H and O–H groups in total. The van der Waals surface area contributed by atoms with E-state index in [4.69, 9.17) is 17.3 Å². The first-order valence-corrected chi connectivity index (χ1v) is 5.99. The normalized spacial score (nSPS) is 18.1. The Labute approximate surface area is 108 Å². The molecule has 1 fully saturated rings. The standard InChI is InChI=1S/C11H13ClF3N3/c12-9-5-8(16)6-10(17-9)18-3-1-7(2-4-18)11(13,14)15/h5-7H,1-4H2,(H2,16,17). The molecule has 2 heterocycles. The summed E-state index contributed by atoms with van der Waals surface area (Å²) in [5.41, 5.74) is 6.09. The Hall–Kier alpha value is -1.17. The number of pyridine rings is 1. The lowest BCUT2D eigenvalue weighted by Gasteiger charge is -2.33. The summed E-state index contributed by atoms with van der Waals surface area (Å²) in [4.78, 5) is 5.86. The van der Waals surface area contributed by atoms with E-state index >= 15 is 0 Å². The molecule has 0 saturated carbocycles. The molecule has 1 aliphatic heterocycles. The Kier molecular flexibility index (Phi) is 3.56. The minimum Gasteiger partial charge on any atom is -0.399 e. The fraction of sp³-hybridized carbons (Fsp3) is 0.545. The second-order valence-corrected chi connectivity index (χ2v) is 4.77. The average molecular weight is 280 g/mol. The zero-order valence-electron chi connectivity index (χ0n) is 9.54. The molecule has 0 radical (unpaired) electrons. The molecule has 0 aliphatic carbocycles. The number of nitrogens with two attached hydrogens (primary N) is 1. The van der Waals surface area contributed by atoms with Crippen LogP contribution in [-0.2, 0) is 0 Å². The molecule has 0 bridgehead atoms. The van der Waals surface area contributed by atoms with Gasteiger partial charge in [-0.05, 0) is 18.9 Å². The van der Waals surface area contributed by atoms with E-state index in [1.54, 1.807) is 11.0 Å². The highest BCUT2D eigenvalue weighted by Gasteiger charge is 2.41. The number of alkyl halides is 3. The van der Waals surface area contributed by atoms with Gasteiger partial charge < -0.3 is 10.6 Å². The van der Waals surface area contributed by atoms with E-state index in [2.05, 4.69) is 4.98 Å². The Morgan fingerprint density at radius 2 is 1.89 bits per heavy atom. The molecule has 3 nitrogen and oxygen atoms in total. The lowest BCUT2D eigenvalue weighted by molar-refractivity contribution is -0.179. The van der Waals surface area contributed by atoms with Crippen molar-refractivity contribution in [3.63, 3.8) is 0 Å². The molecule has 1 saturated heterocycles. The predicted octanol–water partition coefficient (Wildman–Crippen LogP) is 3.10. The summed E-state index contributed by atoms with van der Waals surface area (Å²) in [6, 6.07) is 3.13. The monoisotopic (exact) mass is 279 g/mol.